The van der Waals surface area contributed by atoms with E-state index in [0.29, 0.717) is 19.3 Å². The molecule has 1 unspecified atom stereocenters. The van der Waals surface area contributed by atoms with Crippen molar-refractivity contribution in [2.75, 3.05) is 13.7 Å². The van der Waals surface area contributed by atoms with Crippen molar-refractivity contribution in [3.05, 3.63) is 48.0 Å². The second-order valence-electron chi connectivity index (χ2n) is 8.51. The Morgan fingerprint density at radius 3 is 2.72 bits per heavy atom. The molecule has 1 aromatic carbocycles. The van der Waals surface area contributed by atoms with Crippen LogP contribution in [0.5, 0.6) is 0 Å². The molecule has 1 amide bonds. The molecule has 2 rings (SSSR count). The van der Waals surface area contributed by atoms with Gasteiger partial charge in [-0.25, -0.2) is 0 Å². The van der Waals surface area contributed by atoms with Gasteiger partial charge >= 0.3 is 5.97 Å². The quantitative estimate of drug-likeness (QED) is 0.228. The Morgan fingerprint density at radius 2 is 1.97 bits per heavy atom. The maximum absolute atomic E-state index is 12.3. The number of aliphatic hydroxyl groups is 1. The van der Waals surface area contributed by atoms with E-state index >= 15 is 0 Å². The van der Waals surface area contributed by atoms with Crippen molar-refractivity contribution < 1.29 is 19.4 Å². The van der Waals surface area contributed by atoms with Crippen LogP contribution in [0.25, 0.3) is 0 Å². The standard InChI is InChI=1S/C27H37NO4/c1-22(12-9-10-15-23-13-6-5-7-14-23)25(29)19-17-24-18-20-26(30)28(24)21-11-4-3-8-16-27(31)32-2/h5-7,13-14,17,19,22,24-25,29H,3-4,8,11-12,15-16,18,20-21H2,1-2H3/t22-,24?,25-/m1/s1. The maximum Gasteiger partial charge on any atom is 0.305 e. The van der Waals surface area contributed by atoms with Crippen molar-refractivity contribution in [1.29, 1.82) is 0 Å². The van der Waals surface area contributed by atoms with Gasteiger partial charge < -0.3 is 14.7 Å². The van der Waals surface area contributed by atoms with Gasteiger partial charge in [0.25, 0.3) is 0 Å². The van der Waals surface area contributed by atoms with Crippen molar-refractivity contribution in [1.82, 2.24) is 4.90 Å². The zero-order valence-electron chi connectivity index (χ0n) is 19.5. The van der Waals surface area contributed by atoms with Crippen LogP contribution in [0.1, 0.15) is 63.9 Å². The summed E-state index contributed by atoms with van der Waals surface area (Å²) in [5.41, 5.74) is 1.20. The second kappa shape index (κ2) is 14.5. The molecule has 0 saturated carbocycles. The highest BCUT2D eigenvalue weighted by molar-refractivity contribution is 5.79. The molecule has 5 heteroatoms. The third-order valence-corrected chi connectivity index (χ3v) is 5.93. The van der Waals surface area contributed by atoms with E-state index in [1.807, 2.05) is 42.2 Å². The Hall–Kier alpha value is -2.58. The van der Waals surface area contributed by atoms with Crippen molar-refractivity contribution in [3.63, 3.8) is 0 Å². The fraction of sp³-hybridized carbons (Fsp3) is 0.556. The number of unbranched alkanes of at least 4 members (excludes halogenated alkanes) is 3. The van der Waals surface area contributed by atoms with E-state index in [-0.39, 0.29) is 23.8 Å². The van der Waals surface area contributed by atoms with Crippen LogP contribution in [0.15, 0.2) is 42.5 Å². The largest absolute Gasteiger partial charge is 0.469 e. The number of methoxy groups -OCH3 is 1. The predicted octanol–water partition coefficient (Wildman–Crippen LogP) is 4.29. The maximum atomic E-state index is 12.3. The van der Waals surface area contributed by atoms with Gasteiger partial charge in [-0.2, -0.15) is 0 Å². The molecule has 0 aliphatic carbocycles. The summed E-state index contributed by atoms with van der Waals surface area (Å²) >= 11 is 0. The molecule has 0 bridgehead atoms. The first kappa shape index (κ1) is 25.7. The number of benzene rings is 1. The molecule has 1 heterocycles. The molecule has 0 radical (unpaired) electrons. The lowest BCUT2D eigenvalue weighted by Gasteiger charge is -2.23. The summed E-state index contributed by atoms with van der Waals surface area (Å²) in [5, 5.41) is 10.5. The van der Waals surface area contributed by atoms with E-state index in [9.17, 15) is 14.7 Å². The Labute approximate surface area is 192 Å². The Balaban J connectivity index is 1.71. The van der Waals surface area contributed by atoms with Crippen LogP contribution in [0.3, 0.4) is 0 Å². The smallest absolute Gasteiger partial charge is 0.305 e. The molecule has 1 N–H and O–H groups in total. The lowest BCUT2D eigenvalue weighted by molar-refractivity contribution is -0.140. The van der Waals surface area contributed by atoms with Gasteiger partial charge in [0.1, 0.15) is 0 Å². The minimum absolute atomic E-state index is 0.0369. The number of carbonyl (C=O) groups is 2. The fourth-order valence-corrected chi connectivity index (χ4v) is 3.80. The first-order valence-corrected chi connectivity index (χ1v) is 11.7. The SMILES string of the molecule is COC(=O)CCCCCCN1C(=O)CCC1C=C[C@@H](O)[C@H](C)CC#CCc1ccccc1. The number of esters is 1. The molecular formula is C27H37NO4. The topological polar surface area (TPSA) is 66.8 Å². The van der Waals surface area contributed by atoms with E-state index in [4.69, 9.17) is 0 Å². The summed E-state index contributed by atoms with van der Waals surface area (Å²) in [7, 11) is 1.41. The van der Waals surface area contributed by atoms with Gasteiger partial charge in [0.15, 0.2) is 0 Å². The fourth-order valence-electron chi connectivity index (χ4n) is 3.80. The first-order chi connectivity index (χ1) is 15.5. The molecule has 1 saturated heterocycles. The molecule has 1 aliphatic rings. The summed E-state index contributed by atoms with van der Waals surface area (Å²) in [6.07, 6.45) is 10.1. The van der Waals surface area contributed by atoms with Gasteiger partial charge in [-0.1, -0.05) is 68.2 Å². The third kappa shape index (κ3) is 9.28. The number of hydrogen-bond acceptors (Lipinski definition) is 4. The number of amides is 1. The molecule has 3 atom stereocenters. The molecule has 0 spiro atoms. The summed E-state index contributed by atoms with van der Waals surface area (Å²) < 4.78 is 4.65. The minimum Gasteiger partial charge on any atom is -0.469 e. The van der Waals surface area contributed by atoms with Crippen LogP contribution in [0.2, 0.25) is 0 Å². The van der Waals surface area contributed by atoms with E-state index in [2.05, 4.69) is 28.7 Å². The summed E-state index contributed by atoms with van der Waals surface area (Å²) in [4.78, 5) is 25.3. The number of aliphatic hydroxyl groups excluding tert-OH is 1. The molecule has 0 aromatic heterocycles. The highest BCUT2D eigenvalue weighted by Crippen LogP contribution is 2.22. The lowest BCUT2D eigenvalue weighted by atomic mass is 9.99. The number of nitrogens with zero attached hydrogens (tertiary/aromatic N) is 1. The Bertz CT molecular complexity index is 793. The van der Waals surface area contributed by atoms with Gasteiger partial charge in [-0.05, 0) is 30.7 Å². The van der Waals surface area contributed by atoms with Gasteiger partial charge in [0.05, 0.1) is 19.3 Å². The molecule has 1 aromatic rings. The summed E-state index contributed by atoms with van der Waals surface area (Å²) in [5.74, 6) is 6.41. The molecular weight excluding hydrogens is 402 g/mol. The zero-order chi connectivity index (χ0) is 23.2. The van der Waals surface area contributed by atoms with Gasteiger partial charge in [0.2, 0.25) is 5.91 Å². The average Bonchev–Trinajstić information content (AvgIpc) is 3.16. The van der Waals surface area contributed by atoms with Crippen LogP contribution < -0.4 is 0 Å². The zero-order valence-corrected chi connectivity index (χ0v) is 19.5. The van der Waals surface area contributed by atoms with Crippen LogP contribution in [0.4, 0.5) is 0 Å². The highest BCUT2D eigenvalue weighted by atomic mass is 16.5. The summed E-state index contributed by atoms with van der Waals surface area (Å²) in [6, 6.07) is 10.2. The van der Waals surface area contributed by atoms with Crippen LogP contribution in [-0.2, 0) is 20.7 Å². The number of rotatable bonds is 12. The number of hydrogen-bond donors (Lipinski definition) is 1. The second-order valence-corrected chi connectivity index (χ2v) is 8.51. The van der Waals surface area contributed by atoms with E-state index in [1.54, 1.807) is 0 Å². The number of likely N-dealkylation sites (tertiary alicyclic amines) is 1. The Kier molecular flexibility index (Phi) is 11.6. The van der Waals surface area contributed by atoms with Gasteiger partial charge in [0, 0.05) is 32.2 Å². The van der Waals surface area contributed by atoms with Crippen molar-refractivity contribution in [3.8, 4) is 11.8 Å². The van der Waals surface area contributed by atoms with Crippen molar-refractivity contribution >= 4 is 11.9 Å². The van der Waals surface area contributed by atoms with Crippen LogP contribution in [-0.4, -0.2) is 47.7 Å². The molecule has 5 nitrogen and oxygen atoms in total. The first-order valence-electron chi connectivity index (χ1n) is 11.7. The molecule has 174 valence electrons. The third-order valence-electron chi connectivity index (χ3n) is 5.93. The summed E-state index contributed by atoms with van der Waals surface area (Å²) in [6.45, 7) is 2.72. The number of carbonyl (C=O) groups excluding carboxylic acids is 2. The van der Waals surface area contributed by atoms with Gasteiger partial charge in [-0.15, -0.1) is 5.92 Å². The van der Waals surface area contributed by atoms with Gasteiger partial charge in [-0.3, -0.25) is 9.59 Å². The molecule has 1 aliphatic heterocycles. The van der Waals surface area contributed by atoms with E-state index in [0.717, 1.165) is 45.1 Å². The van der Waals surface area contributed by atoms with Crippen LogP contribution >= 0.6 is 0 Å². The minimum atomic E-state index is -0.572. The highest BCUT2D eigenvalue weighted by Gasteiger charge is 2.28. The van der Waals surface area contributed by atoms with E-state index < -0.39 is 6.10 Å². The number of ether oxygens (including phenoxy) is 1. The van der Waals surface area contributed by atoms with Crippen LogP contribution in [0, 0.1) is 17.8 Å². The predicted molar refractivity (Wildman–Crippen MR) is 127 cm³/mol. The van der Waals surface area contributed by atoms with E-state index in [1.165, 1.54) is 12.7 Å². The lowest BCUT2D eigenvalue weighted by Crippen LogP contribution is -2.33. The Morgan fingerprint density at radius 1 is 1.22 bits per heavy atom. The molecule has 1 fully saturated rings. The normalized spacial score (nSPS) is 17.8. The average molecular weight is 440 g/mol. The monoisotopic (exact) mass is 439 g/mol. The molecule has 32 heavy (non-hydrogen) atoms. The van der Waals surface area contributed by atoms with Crippen molar-refractivity contribution in [2.24, 2.45) is 5.92 Å². The van der Waals surface area contributed by atoms with Crippen molar-refractivity contribution in [2.45, 2.75) is 76.9 Å².